The number of hydrogen-bond acceptors (Lipinski definition) is 1. The van der Waals surface area contributed by atoms with Gasteiger partial charge >= 0.3 is 0 Å². The van der Waals surface area contributed by atoms with E-state index in [0.29, 0.717) is 0 Å². The van der Waals surface area contributed by atoms with Crippen LogP contribution in [-0.4, -0.2) is 5.78 Å². The maximum atomic E-state index is 10.6. The Bertz CT molecular complexity index is 463. The Balaban J connectivity index is 2.30. The van der Waals surface area contributed by atoms with Crippen LogP contribution in [0.3, 0.4) is 0 Å². The summed E-state index contributed by atoms with van der Waals surface area (Å²) < 4.78 is 0. The van der Waals surface area contributed by atoms with E-state index in [0.717, 1.165) is 29.8 Å². The Hall–Kier alpha value is -1.52. The Morgan fingerprint density at radius 1 is 1.41 bits per heavy atom. The molecule has 1 nitrogen and oxygen atoms in total. The normalized spacial score (nSPS) is 10.0. The van der Waals surface area contributed by atoms with Crippen molar-refractivity contribution in [3.63, 3.8) is 0 Å². The fraction of sp³-hybridized carbons (Fsp3) is 0.267. The monoisotopic (exact) mass is 246 g/mol. The molecular formula is C15H15ClO. The molecule has 0 aliphatic carbocycles. The molecule has 2 heteroatoms. The first kappa shape index (κ1) is 13.5. The average molecular weight is 247 g/mol. The van der Waals surface area contributed by atoms with E-state index in [1.807, 2.05) is 30.3 Å². The molecule has 0 saturated heterocycles. The van der Waals surface area contributed by atoms with E-state index in [1.54, 1.807) is 0 Å². The van der Waals surface area contributed by atoms with Gasteiger partial charge < -0.3 is 0 Å². The van der Waals surface area contributed by atoms with E-state index in [4.69, 9.17) is 11.6 Å². The van der Waals surface area contributed by atoms with Crippen molar-refractivity contribution in [1.82, 2.24) is 0 Å². The summed E-state index contributed by atoms with van der Waals surface area (Å²) in [6.07, 6.45) is 6.75. The standard InChI is InChI=1S/C15H15ClO/c1-13(17)9-5-3-2-4-6-10-14-11-7-8-12-15(14)16/h6-8,10-12H,2-4H2,1H3. The molecule has 0 spiro atoms. The first-order chi connectivity index (χ1) is 8.20. The first-order valence-corrected chi connectivity index (χ1v) is 5.98. The van der Waals surface area contributed by atoms with Crippen molar-refractivity contribution >= 4 is 23.5 Å². The van der Waals surface area contributed by atoms with Gasteiger partial charge in [-0.2, -0.15) is 0 Å². The number of carbonyl (C=O) groups is 1. The predicted molar refractivity (Wildman–Crippen MR) is 72.8 cm³/mol. The predicted octanol–water partition coefficient (Wildman–Crippen LogP) is 4.12. The average Bonchev–Trinajstić information content (AvgIpc) is 2.30. The lowest BCUT2D eigenvalue weighted by molar-refractivity contribution is -0.111. The van der Waals surface area contributed by atoms with E-state index >= 15 is 0 Å². The second kappa shape index (κ2) is 7.70. The molecule has 1 rings (SSSR count). The second-order valence-electron chi connectivity index (χ2n) is 3.67. The van der Waals surface area contributed by atoms with Crippen LogP contribution in [0.2, 0.25) is 5.02 Å². The molecule has 0 unspecified atom stereocenters. The molecule has 0 N–H and O–H groups in total. The lowest BCUT2D eigenvalue weighted by Gasteiger charge is -1.96. The molecular weight excluding hydrogens is 232 g/mol. The number of ketones is 1. The Kier molecular flexibility index (Phi) is 6.14. The maximum absolute atomic E-state index is 10.6. The zero-order chi connectivity index (χ0) is 12.5. The quantitative estimate of drug-likeness (QED) is 0.444. The van der Waals surface area contributed by atoms with Crippen molar-refractivity contribution in [2.24, 2.45) is 0 Å². The van der Waals surface area contributed by atoms with Gasteiger partial charge in [-0.25, -0.2) is 0 Å². The number of carbonyl (C=O) groups excluding carboxylic acids is 1. The zero-order valence-electron chi connectivity index (χ0n) is 9.87. The highest BCUT2D eigenvalue weighted by molar-refractivity contribution is 6.32. The Labute approximate surface area is 107 Å². The number of halogens is 1. The molecule has 0 atom stereocenters. The molecule has 0 amide bonds. The third-order valence-corrected chi connectivity index (χ3v) is 2.48. The van der Waals surface area contributed by atoms with Crippen molar-refractivity contribution in [2.75, 3.05) is 0 Å². The molecule has 0 bridgehead atoms. The van der Waals surface area contributed by atoms with Crippen LogP contribution in [0.5, 0.6) is 0 Å². The molecule has 0 saturated carbocycles. The van der Waals surface area contributed by atoms with Gasteiger partial charge in [0, 0.05) is 18.4 Å². The van der Waals surface area contributed by atoms with E-state index in [9.17, 15) is 4.79 Å². The molecule has 0 aromatic heterocycles. The molecule has 1 aromatic carbocycles. The van der Waals surface area contributed by atoms with E-state index < -0.39 is 0 Å². The number of allylic oxidation sites excluding steroid dienone is 1. The SMILES string of the molecule is CC(=O)C#CCCCC=Cc1ccccc1Cl. The molecule has 0 aliphatic heterocycles. The Morgan fingerprint density at radius 2 is 2.18 bits per heavy atom. The number of rotatable bonds is 4. The Morgan fingerprint density at radius 3 is 2.88 bits per heavy atom. The van der Waals surface area contributed by atoms with Crippen LogP contribution in [0, 0.1) is 11.8 Å². The highest BCUT2D eigenvalue weighted by Gasteiger charge is 1.92. The van der Waals surface area contributed by atoms with Crippen LogP contribution in [-0.2, 0) is 4.79 Å². The topological polar surface area (TPSA) is 17.1 Å². The van der Waals surface area contributed by atoms with Crippen molar-refractivity contribution < 1.29 is 4.79 Å². The summed E-state index contributed by atoms with van der Waals surface area (Å²) >= 11 is 6.01. The molecule has 1 aromatic rings. The molecule has 0 aliphatic rings. The molecule has 0 fully saturated rings. The van der Waals surface area contributed by atoms with Crippen LogP contribution in [0.4, 0.5) is 0 Å². The number of benzene rings is 1. The van der Waals surface area contributed by atoms with E-state index in [-0.39, 0.29) is 5.78 Å². The third-order valence-electron chi connectivity index (χ3n) is 2.14. The number of hydrogen-bond donors (Lipinski definition) is 0. The van der Waals surface area contributed by atoms with Gasteiger partial charge in [0.05, 0.1) is 0 Å². The van der Waals surface area contributed by atoms with Gasteiger partial charge in [0.2, 0.25) is 5.78 Å². The fourth-order valence-corrected chi connectivity index (χ4v) is 1.51. The fourth-order valence-electron chi connectivity index (χ4n) is 1.32. The van der Waals surface area contributed by atoms with Gasteiger partial charge in [-0.05, 0) is 30.4 Å². The first-order valence-electron chi connectivity index (χ1n) is 5.60. The maximum Gasteiger partial charge on any atom is 0.202 e. The van der Waals surface area contributed by atoms with Crippen molar-refractivity contribution in [3.05, 3.63) is 40.9 Å². The highest BCUT2D eigenvalue weighted by atomic mass is 35.5. The molecule has 0 radical (unpaired) electrons. The molecule has 0 heterocycles. The lowest BCUT2D eigenvalue weighted by atomic mass is 10.1. The van der Waals surface area contributed by atoms with E-state index in [1.165, 1.54) is 6.92 Å². The number of Topliss-reactive ketones (excluding diaryl/α,β-unsaturated/α-hetero) is 1. The van der Waals surface area contributed by atoms with Crippen molar-refractivity contribution in [3.8, 4) is 11.8 Å². The summed E-state index contributed by atoms with van der Waals surface area (Å²) in [6, 6.07) is 7.73. The van der Waals surface area contributed by atoms with Crippen LogP contribution < -0.4 is 0 Å². The highest BCUT2D eigenvalue weighted by Crippen LogP contribution is 2.16. The number of unbranched alkanes of at least 4 members (excludes halogenated alkanes) is 2. The van der Waals surface area contributed by atoms with Crippen LogP contribution in [0.15, 0.2) is 30.3 Å². The van der Waals surface area contributed by atoms with Gasteiger partial charge in [-0.15, -0.1) is 0 Å². The summed E-state index contributed by atoms with van der Waals surface area (Å²) in [5, 5.41) is 0.764. The summed E-state index contributed by atoms with van der Waals surface area (Å²) in [7, 11) is 0. The zero-order valence-corrected chi connectivity index (χ0v) is 10.6. The van der Waals surface area contributed by atoms with Crippen LogP contribution in [0.25, 0.3) is 6.08 Å². The molecule has 17 heavy (non-hydrogen) atoms. The van der Waals surface area contributed by atoms with Gasteiger partial charge in [0.1, 0.15) is 0 Å². The third kappa shape index (κ3) is 5.94. The van der Waals surface area contributed by atoms with Gasteiger partial charge in [0.15, 0.2) is 0 Å². The van der Waals surface area contributed by atoms with Gasteiger partial charge in [-0.1, -0.05) is 47.9 Å². The largest absolute Gasteiger partial charge is 0.285 e. The summed E-state index contributed by atoms with van der Waals surface area (Å²) in [5.41, 5.74) is 1.03. The summed E-state index contributed by atoms with van der Waals surface area (Å²) in [6.45, 7) is 1.48. The van der Waals surface area contributed by atoms with E-state index in [2.05, 4.69) is 17.9 Å². The van der Waals surface area contributed by atoms with Gasteiger partial charge in [-0.3, -0.25) is 4.79 Å². The van der Waals surface area contributed by atoms with Crippen LogP contribution >= 0.6 is 11.6 Å². The summed E-state index contributed by atoms with van der Waals surface area (Å²) in [4.78, 5) is 10.6. The van der Waals surface area contributed by atoms with Crippen molar-refractivity contribution in [1.29, 1.82) is 0 Å². The minimum absolute atomic E-state index is 0.0726. The molecule has 88 valence electrons. The lowest BCUT2D eigenvalue weighted by Crippen LogP contribution is -1.80. The minimum atomic E-state index is -0.0726. The van der Waals surface area contributed by atoms with Crippen molar-refractivity contribution in [2.45, 2.75) is 26.2 Å². The summed E-state index contributed by atoms with van der Waals surface area (Å²) in [5.74, 6) is 5.29. The second-order valence-corrected chi connectivity index (χ2v) is 4.08. The smallest absolute Gasteiger partial charge is 0.202 e. The minimum Gasteiger partial charge on any atom is -0.285 e. The van der Waals surface area contributed by atoms with Crippen LogP contribution in [0.1, 0.15) is 31.7 Å². The van der Waals surface area contributed by atoms with Gasteiger partial charge in [0.25, 0.3) is 0 Å².